The second-order valence-electron chi connectivity index (χ2n) is 4.65. The standard InChI is InChI=1S/C16H11N3OS/c17-14-13(8-9-21-14)16-18-15(19-20-16)12-7-3-5-10-4-1-2-6-11(10)12/h1-9H,17H2. The number of nitrogens with zero attached hydrogens (tertiary/aromatic N) is 2. The Morgan fingerprint density at radius 1 is 0.952 bits per heavy atom. The third-order valence-corrected chi connectivity index (χ3v) is 4.13. The van der Waals surface area contributed by atoms with Crippen molar-refractivity contribution in [2.45, 2.75) is 0 Å². The zero-order chi connectivity index (χ0) is 14.2. The van der Waals surface area contributed by atoms with E-state index in [1.165, 1.54) is 11.3 Å². The highest BCUT2D eigenvalue weighted by molar-refractivity contribution is 7.14. The highest BCUT2D eigenvalue weighted by Crippen LogP contribution is 2.32. The van der Waals surface area contributed by atoms with E-state index < -0.39 is 0 Å². The van der Waals surface area contributed by atoms with Crippen molar-refractivity contribution in [3.05, 3.63) is 53.9 Å². The lowest BCUT2D eigenvalue weighted by Crippen LogP contribution is -1.85. The van der Waals surface area contributed by atoms with Crippen molar-refractivity contribution in [1.29, 1.82) is 0 Å². The fraction of sp³-hybridized carbons (Fsp3) is 0. The number of nitrogens with two attached hydrogens (primary N) is 1. The van der Waals surface area contributed by atoms with Crippen molar-refractivity contribution in [2.75, 3.05) is 5.73 Å². The second kappa shape index (κ2) is 4.71. The molecular weight excluding hydrogens is 282 g/mol. The fourth-order valence-corrected chi connectivity index (χ4v) is 2.99. The number of hydrogen-bond donors (Lipinski definition) is 1. The van der Waals surface area contributed by atoms with Gasteiger partial charge in [0.15, 0.2) is 0 Å². The molecule has 0 aliphatic carbocycles. The van der Waals surface area contributed by atoms with Crippen molar-refractivity contribution in [3.63, 3.8) is 0 Å². The van der Waals surface area contributed by atoms with Crippen LogP contribution in [0, 0.1) is 0 Å². The molecule has 0 aliphatic heterocycles. The summed E-state index contributed by atoms with van der Waals surface area (Å²) in [6.07, 6.45) is 0. The summed E-state index contributed by atoms with van der Waals surface area (Å²) in [5, 5.41) is 8.94. The first-order valence-electron chi connectivity index (χ1n) is 6.48. The van der Waals surface area contributed by atoms with E-state index in [1.807, 2.05) is 35.7 Å². The number of fused-ring (bicyclic) bond motifs is 1. The minimum Gasteiger partial charge on any atom is -0.390 e. The van der Waals surface area contributed by atoms with Gasteiger partial charge < -0.3 is 10.3 Å². The van der Waals surface area contributed by atoms with Crippen LogP contribution in [-0.2, 0) is 0 Å². The number of aromatic nitrogens is 2. The lowest BCUT2D eigenvalue weighted by atomic mass is 10.0. The van der Waals surface area contributed by atoms with Crippen molar-refractivity contribution < 1.29 is 4.52 Å². The molecule has 0 radical (unpaired) electrons. The van der Waals surface area contributed by atoms with E-state index >= 15 is 0 Å². The number of nitrogen functional groups attached to an aromatic ring is 1. The Labute approximate surface area is 124 Å². The van der Waals surface area contributed by atoms with Crippen LogP contribution in [0.5, 0.6) is 0 Å². The van der Waals surface area contributed by atoms with Gasteiger partial charge in [-0.25, -0.2) is 0 Å². The zero-order valence-electron chi connectivity index (χ0n) is 11.0. The molecule has 2 aromatic carbocycles. The first-order valence-corrected chi connectivity index (χ1v) is 7.36. The molecule has 0 bridgehead atoms. The lowest BCUT2D eigenvalue weighted by Gasteiger charge is -2.01. The van der Waals surface area contributed by atoms with Gasteiger partial charge in [0, 0.05) is 5.56 Å². The van der Waals surface area contributed by atoms with Crippen LogP contribution in [-0.4, -0.2) is 10.1 Å². The molecule has 0 spiro atoms. The Morgan fingerprint density at radius 2 is 1.81 bits per heavy atom. The average Bonchev–Trinajstić information content (AvgIpc) is 3.15. The molecule has 4 rings (SSSR count). The van der Waals surface area contributed by atoms with Gasteiger partial charge in [-0.3, -0.25) is 0 Å². The van der Waals surface area contributed by atoms with E-state index in [2.05, 4.69) is 28.3 Å². The van der Waals surface area contributed by atoms with E-state index in [9.17, 15) is 0 Å². The summed E-state index contributed by atoms with van der Waals surface area (Å²) < 4.78 is 5.36. The summed E-state index contributed by atoms with van der Waals surface area (Å²) in [5.41, 5.74) is 7.65. The number of benzene rings is 2. The Kier molecular flexibility index (Phi) is 2.72. The van der Waals surface area contributed by atoms with Gasteiger partial charge >= 0.3 is 0 Å². The van der Waals surface area contributed by atoms with E-state index in [0.717, 1.165) is 21.9 Å². The highest BCUT2D eigenvalue weighted by atomic mass is 32.1. The molecule has 0 aliphatic rings. The maximum absolute atomic E-state index is 5.90. The summed E-state index contributed by atoms with van der Waals surface area (Å²) in [7, 11) is 0. The van der Waals surface area contributed by atoms with Crippen molar-refractivity contribution in [1.82, 2.24) is 10.1 Å². The second-order valence-corrected chi connectivity index (χ2v) is 5.60. The quantitative estimate of drug-likeness (QED) is 0.601. The Hall–Kier alpha value is -2.66. The molecule has 0 saturated carbocycles. The summed E-state index contributed by atoms with van der Waals surface area (Å²) in [6, 6.07) is 16.1. The van der Waals surface area contributed by atoms with Crippen LogP contribution >= 0.6 is 11.3 Å². The molecule has 0 saturated heterocycles. The van der Waals surface area contributed by atoms with E-state index in [0.29, 0.717) is 16.7 Å². The summed E-state index contributed by atoms with van der Waals surface area (Å²) >= 11 is 1.46. The molecular formula is C16H11N3OS. The fourth-order valence-electron chi connectivity index (χ4n) is 2.36. The van der Waals surface area contributed by atoms with Crippen molar-refractivity contribution in [3.8, 4) is 22.8 Å². The molecule has 0 unspecified atom stereocenters. The van der Waals surface area contributed by atoms with Crippen molar-refractivity contribution >= 4 is 27.1 Å². The molecule has 2 N–H and O–H groups in total. The van der Waals surface area contributed by atoms with Crippen LogP contribution in [0.15, 0.2) is 58.4 Å². The van der Waals surface area contributed by atoms with Gasteiger partial charge in [-0.15, -0.1) is 11.3 Å². The summed E-state index contributed by atoms with van der Waals surface area (Å²) in [6.45, 7) is 0. The molecule has 4 aromatic rings. The maximum atomic E-state index is 5.90. The molecule has 0 fully saturated rings. The highest BCUT2D eigenvalue weighted by Gasteiger charge is 2.15. The monoisotopic (exact) mass is 293 g/mol. The minimum absolute atomic E-state index is 0.455. The third kappa shape index (κ3) is 1.98. The van der Waals surface area contributed by atoms with Gasteiger partial charge in [0.25, 0.3) is 5.89 Å². The van der Waals surface area contributed by atoms with Crippen LogP contribution in [0.3, 0.4) is 0 Å². The van der Waals surface area contributed by atoms with E-state index in [1.54, 1.807) is 0 Å². The smallest absolute Gasteiger partial charge is 0.261 e. The maximum Gasteiger partial charge on any atom is 0.261 e. The molecule has 2 aromatic heterocycles. The predicted octanol–water partition coefficient (Wildman–Crippen LogP) is 4.20. The van der Waals surface area contributed by atoms with Gasteiger partial charge in [0.1, 0.15) is 0 Å². The SMILES string of the molecule is Nc1sccc1-c1nc(-c2cccc3ccccc23)no1. The zero-order valence-corrected chi connectivity index (χ0v) is 11.8. The number of anilines is 1. The Bertz CT molecular complexity index is 921. The number of rotatable bonds is 2. The van der Waals surface area contributed by atoms with Gasteiger partial charge in [-0.1, -0.05) is 47.6 Å². The van der Waals surface area contributed by atoms with Gasteiger partial charge in [-0.05, 0) is 22.2 Å². The topological polar surface area (TPSA) is 64.9 Å². The largest absolute Gasteiger partial charge is 0.390 e. The molecule has 5 heteroatoms. The lowest BCUT2D eigenvalue weighted by molar-refractivity contribution is 0.432. The van der Waals surface area contributed by atoms with Crippen LogP contribution < -0.4 is 5.73 Å². The van der Waals surface area contributed by atoms with Gasteiger partial charge in [0.2, 0.25) is 5.82 Å². The first kappa shape index (κ1) is 12.1. The summed E-state index contributed by atoms with van der Waals surface area (Å²) in [5.74, 6) is 1.03. The number of hydrogen-bond acceptors (Lipinski definition) is 5. The van der Waals surface area contributed by atoms with E-state index in [-0.39, 0.29) is 0 Å². The van der Waals surface area contributed by atoms with E-state index in [4.69, 9.17) is 10.3 Å². The minimum atomic E-state index is 0.455. The van der Waals surface area contributed by atoms with Gasteiger partial charge in [-0.2, -0.15) is 4.98 Å². The molecule has 2 heterocycles. The number of thiophene rings is 1. The molecule has 4 nitrogen and oxygen atoms in total. The Morgan fingerprint density at radius 3 is 2.67 bits per heavy atom. The van der Waals surface area contributed by atoms with Gasteiger partial charge in [0.05, 0.1) is 10.6 Å². The first-order chi connectivity index (χ1) is 10.3. The molecule has 21 heavy (non-hydrogen) atoms. The Balaban J connectivity index is 1.87. The molecule has 0 amide bonds. The molecule has 0 atom stereocenters. The third-order valence-electron chi connectivity index (χ3n) is 3.38. The van der Waals surface area contributed by atoms with Crippen LogP contribution in [0.1, 0.15) is 0 Å². The van der Waals surface area contributed by atoms with Crippen LogP contribution in [0.4, 0.5) is 5.00 Å². The molecule has 102 valence electrons. The summed E-state index contributed by atoms with van der Waals surface area (Å²) in [4.78, 5) is 4.48. The van der Waals surface area contributed by atoms with Crippen molar-refractivity contribution in [2.24, 2.45) is 0 Å². The predicted molar refractivity (Wildman–Crippen MR) is 85.0 cm³/mol. The normalized spacial score (nSPS) is 11.0. The average molecular weight is 293 g/mol. The van der Waals surface area contributed by atoms with Crippen LogP contribution in [0.25, 0.3) is 33.6 Å². The van der Waals surface area contributed by atoms with Crippen LogP contribution in [0.2, 0.25) is 0 Å².